The van der Waals surface area contributed by atoms with Crippen molar-refractivity contribution in [2.45, 2.75) is 26.6 Å². The Morgan fingerprint density at radius 3 is 1.96 bits per heavy atom. The van der Waals surface area contributed by atoms with Gasteiger partial charge in [-0.15, -0.1) is 0 Å². The molecule has 0 atom stereocenters. The summed E-state index contributed by atoms with van der Waals surface area (Å²) in [6, 6.07) is 13.1. The first-order valence-corrected chi connectivity index (χ1v) is 8.95. The van der Waals surface area contributed by atoms with Crippen LogP contribution in [0.4, 0.5) is 0 Å². The van der Waals surface area contributed by atoms with E-state index < -0.39 is 0 Å². The average molecular weight is 324 g/mol. The van der Waals surface area contributed by atoms with E-state index in [9.17, 15) is 0 Å². The lowest BCUT2D eigenvalue weighted by molar-refractivity contribution is 0.132. The summed E-state index contributed by atoms with van der Waals surface area (Å²) in [4.78, 5) is 9.12. The van der Waals surface area contributed by atoms with Crippen molar-refractivity contribution >= 4 is 0 Å². The number of nitrogens with zero attached hydrogens (tertiary/aromatic N) is 3. The van der Waals surface area contributed by atoms with Gasteiger partial charge in [0, 0.05) is 58.2 Å². The molecule has 2 aromatic rings. The fourth-order valence-electron chi connectivity index (χ4n) is 3.14. The minimum absolute atomic E-state index is 0.881. The van der Waals surface area contributed by atoms with Crippen molar-refractivity contribution in [2.75, 3.05) is 32.7 Å². The largest absolute Gasteiger partial charge is 0.309 e. The quantitative estimate of drug-likeness (QED) is 0.848. The lowest BCUT2D eigenvalue weighted by Gasteiger charge is -2.34. The van der Waals surface area contributed by atoms with Crippen LogP contribution in [0.15, 0.2) is 48.8 Å². The van der Waals surface area contributed by atoms with Crippen LogP contribution in [-0.4, -0.2) is 47.5 Å². The molecule has 0 saturated carbocycles. The Kier molecular flexibility index (Phi) is 6.35. The predicted octanol–water partition coefficient (Wildman–Crippen LogP) is 2.51. The number of hydrogen-bond acceptors (Lipinski definition) is 4. The van der Waals surface area contributed by atoms with E-state index >= 15 is 0 Å². The van der Waals surface area contributed by atoms with Crippen molar-refractivity contribution in [3.8, 4) is 0 Å². The first-order chi connectivity index (χ1) is 11.8. The van der Waals surface area contributed by atoms with Crippen LogP contribution in [0.2, 0.25) is 0 Å². The Balaban J connectivity index is 1.42. The molecule has 0 spiro atoms. The second-order valence-electron chi connectivity index (χ2n) is 6.49. The number of hydrogen-bond donors (Lipinski definition) is 1. The molecule has 4 heteroatoms. The molecule has 0 unspecified atom stereocenters. The Labute approximate surface area is 145 Å². The lowest BCUT2D eigenvalue weighted by atomic mass is 10.1. The van der Waals surface area contributed by atoms with Crippen LogP contribution in [0.1, 0.15) is 23.6 Å². The van der Waals surface area contributed by atoms with Crippen molar-refractivity contribution < 1.29 is 0 Å². The number of nitrogens with one attached hydrogen (secondary N) is 1. The average Bonchev–Trinajstić information content (AvgIpc) is 2.65. The highest BCUT2D eigenvalue weighted by molar-refractivity contribution is 5.22. The van der Waals surface area contributed by atoms with Gasteiger partial charge < -0.3 is 10.2 Å². The molecule has 0 aliphatic carbocycles. The molecule has 128 valence electrons. The van der Waals surface area contributed by atoms with E-state index in [1.54, 1.807) is 0 Å². The fourth-order valence-corrected chi connectivity index (χ4v) is 3.14. The van der Waals surface area contributed by atoms with Gasteiger partial charge in [0.1, 0.15) is 0 Å². The molecule has 0 bridgehead atoms. The molecule has 1 fully saturated rings. The molecular formula is C20H28N4. The maximum Gasteiger partial charge on any atom is 0.0271 e. The van der Waals surface area contributed by atoms with E-state index in [0.29, 0.717) is 0 Å². The SMILES string of the molecule is CCN1CCN(Cc2ccc(CNCc3ccncc3)cc2)CC1. The smallest absolute Gasteiger partial charge is 0.0271 e. The van der Waals surface area contributed by atoms with Crippen LogP contribution in [-0.2, 0) is 19.6 Å². The van der Waals surface area contributed by atoms with E-state index in [0.717, 1.165) is 19.6 Å². The summed E-state index contributed by atoms with van der Waals surface area (Å²) in [6.45, 7) is 11.0. The number of rotatable bonds is 7. The molecule has 1 saturated heterocycles. The van der Waals surface area contributed by atoms with E-state index in [-0.39, 0.29) is 0 Å². The standard InChI is InChI=1S/C20H28N4/c1-2-23-11-13-24(14-12-23)17-20-5-3-18(4-6-20)15-22-16-19-7-9-21-10-8-19/h3-10,22H,2,11-17H2,1H3. The van der Waals surface area contributed by atoms with E-state index in [1.165, 1.54) is 49.4 Å². The molecule has 0 amide bonds. The number of pyridine rings is 1. The molecule has 0 radical (unpaired) electrons. The normalized spacial score (nSPS) is 16.4. The van der Waals surface area contributed by atoms with Gasteiger partial charge in [-0.1, -0.05) is 31.2 Å². The first kappa shape index (κ1) is 17.1. The summed E-state index contributed by atoms with van der Waals surface area (Å²) >= 11 is 0. The number of likely N-dealkylation sites (N-methyl/N-ethyl adjacent to an activating group) is 1. The van der Waals surface area contributed by atoms with Gasteiger partial charge in [0.05, 0.1) is 0 Å². The van der Waals surface area contributed by atoms with E-state index in [2.05, 4.69) is 51.3 Å². The number of piperazine rings is 1. The third kappa shape index (κ3) is 5.13. The Morgan fingerprint density at radius 2 is 1.33 bits per heavy atom. The van der Waals surface area contributed by atoms with Gasteiger partial charge in [-0.3, -0.25) is 9.88 Å². The van der Waals surface area contributed by atoms with Crippen LogP contribution < -0.4 is 5.32 Å². The number of benzene rings is 1. The molecule has 3 rings (SSSR count). The zero-order valence-corrected chi connectivity index (χ0v) is 14.6. The van der Waals surface area contributed by atoms with Crippen LogP contribution in [0.25, 0.3) is 0 Å². The van der Waals surface area contributed by atoms with Gasteiger partial charge >= 0.3 is 0 Å². The maximum atomic E-state index is 4.04. The summed E-state index contributed by atoms with van der Waals surface area (Å²) in [5.74, 6) is 0. The molecule has 1 aromatic heterocycles. The third-order valence-electron chi connectivity index (χ3n) is 4.75. The maximum absolute atomic E-state index is 4.04. The molecule has 1 aromatic carbocycles. The number of aromatic nitrogens is 1. The molecule has 4 nitrogen and oxygen atoms in total. The fraction of sp³-hybridized carbons (Fsp3) is 0.450. The summed E-state index contributed by atoms with van der Waals surface area (Å²) in [7, 11) is 0. The molecule has 1 N–H and O–H groups in total. The van der Waals surface area contributed by atoms with Crippen molar-refractivity contribution in [3.05, 3.63) is 65.5 Å². The van der Waals surface area contributed by atoms with Crippen LogP contribution in [0.3, 0.4) is 0 Å². The molecular weight excluding hydrogens is 296 g/mol. The second kappa shape index (κ2) is 8.92. The zero-order valence-electron chi connectivity index (χ0n) is 14.6. The van der Waals surface area contributed by atoms with Crippen LogP contribution in [0, 0.1) is 0 Å². The highest BCUT2D eigenvalue weighted by Crippen LogP contribution is 2.10. The van der Waals surface area contributed by atoms with Crippen molar-refractivity contribution in [1.82, 2.24) is 20.1 Å². The molecule has 1 aliphatic heterocycles. The minimum atomic E-state index is 0.881. The van der Waals surface area contributed by atoms with E-state index in [1.807, 2.05) is 24.5 Å². The van der Waals surface area contributed by atoms with E-state index in [4.69, 9.17) is 0 Å². The summed E-state index contributed by atoms with van der Waals surface area (Å²) in [5, 5.41) is 3.49. The Bertz CT molecular complexity index is 589. The van der Waals surface area contributed by atoms with Gasteiger partial charge in [0.15, 0.2) is 0 Å². The van der Waals surface area contributed by atoms with Gasteiger partial charge in [0.2, 0.25) is 0 Å². The van der Waals surface area contributed by atoms with Crippen LogP contribution >= 0.6 is 0 Å². The summed E-state index contributed by atoms with van der Waals surface area (Å²) < 4.78 is 0. The summed E-state index contributed by atoms with van der Waals surface area (Å²) in [5.41, 5.74) is 4.02. The van der Waals surface area contributed by atoms with Crippen molar-refractivity contribution in [3.63, 3.8) is 0 Å². The minimum Gasteiger partial charge on any atom is -0.309 e. The highest BCUT2D eigenvalue weighted by atomic mass is 15.3. The highest BCUT2D eigenvalue weighted by Gasteiger charge is 2.15. The van der Waals surface area contributed by atoms with Gasteiger partial charge in [-0.25, -0.2) is 0 Å². The molecule has 2 heterocycles. The monoisotopic (exact) mass is 324 g/mol. The van der Waals surface area contributed by atoms with Gasteiger partial charge in [-0.2, -0.15) is 0 Å². The van der Waals surface area contributed by atoms with Crippen LogP contribution in [0.5, 0.6) is 0 Å². The lowest BCUT2D eigenvalue weighted by Crippen LogP contribution is -2.45. The van der Waals surface area contributed by atoms with Crippen molar-refractivity contribution in [2.24, 2.45) is 0 Å². The Morgan fingerprint density at radius 1 is 0.792 bits per heavy atom. The third-order valence-corrected chi connectivity index (χ3v) is 4.75. The van der Waals surface area contributed by atoms with Gasteiger partial charge in [-0.05, 0) is 35.4 Å². The second-order valence-corrected chi connectivity index (χ2v) is 6.49. The topological polar surface area (TPSA) is 31.4 Å². The molecule has 24 heavy (non-hydrogen) atoms. The Hall–Kier alpha value is -1.75. The van der Waals surface area contributed by atoms with Crippen molar-refractivity contribution in [1.29, 1.82) is 0 Å². The predicted molar refractivity (Wildman–Crippen MR) is 98.6 cm³/mol. The molecule has 1 aliphatic rings. The van der Waals surface area contributed by atoms with Gasteiger partial charge in [0.25, 0.3) is 0 Å². The first-order valence-electron chi connectivity index (χ1n) is 8.95. The summed E-state index contributed by atoms with van der Waals surface area (Å²) in [6.07, 6.45) is 3.68. The zero-order chi connectivity index (χ0) is 16.6.